The minimum absolute atomic E-state index is 0.0180. The van der Waals surface area contributed by atoms with Crippen LogP contribution in [0.15, 0.2) is 23.3 Å². The Morgan fingerprint density at radius 2 is 1.94 bits per heavy atom. The lowest BCUT2D eigenvalue weighted by Crippen LogP contribution is -2.37. The Balaban J connectivity index is 1.76. The van der Waals surface area contributed by atoms with Crippen LogP contribution in [0.3, 0.4) is 0 Å². The monoisotopic (exact) mass is 455 g/mol. The third kappa shape index (κ3) is 4.64. The van der Waals surface area contributed by atoms with Crippen molar-refractivity contribution >= 4 is 29.2 Å². The Labute approximate surface area is 188 Å². The van der Waals surface area contributed by atoms with Crippen LogP contribution in [0.5, 0.6) is 5.88 Å². The van der Waals surface area contributed by atoms with Gasteiger partial charge in [0, 0.05) is 18.7 Å². The van der Waals surface area contributed by atoms with E-state index in [1.165, 1.54) is 24.1 Å². The van der Waals surface area contributed by atoms with Gasteiger partial charge >= 0.3 is 5.97 Å². The van der Waals surface area contributed by atoms with Gasteiger partial charge in [0.15, 0.2) is 17.1 Å². The minimum atomic E-state index is -0.626. The molecule has 0 saturated heterocycles. The van der Waals surface area contributed by atoms with Gasteiger partial charge in [-0.25, -0.2) is 14.8 Å². The zero-order valence-corrected chi connectivity index (χ0v) is 18.7. The number of esters is 1. The molecule has 3 aromatic heterocycles. The lowest BCUT2D eigenvalue weighted by atomic mass is 9.97. The predicted octanol–water partition coefficient (Wildman–Crippen LogP) is 1.46. The summed E-state index contributed by atoms with van der Waals surface area (Å²) in [4.78, 5) is 45.6. The highest BCUT2D eigenvalue weighted by Gasteiger charge is 2.30. The summed E-state index contributed by atoms with van der Waals surface area (Å²) in [5, 5.41) is 20.8. The molecule has 4 rings (SSSR count). The number of hydrogen-bond acceptors (Lipinski definition) is 9. The first-order chi connectivity index (χ1) is 15.6. The van der Waals surface area contributed by atoms with Crippen LogP contribution < -0.4 is 16.2 Å². The number of aromatic hydroxyl groups is 1. The van der Waals surface area contributed by atoms with Gasteiger partial charge in [-0.1, -0.05) is 20.8 Å². The van der Waals surface area contributed by atoms with Crippen LogP contribution in [0.4, 0.5) is 11.6 Å². The van der Waals surface area contributed by atoms with Gasteiger partial charge in [0.05, 0.1) is 19.5 Å². The summed E-state index contributed by atoms with van der Waals surface area (Å²) >= 11 is 0. The van der Waals surface area contributed by atoms with E-state index >= 15 is 0 Å². The molecular weight excluding hydrogens is 430 g/mol. The van der Waals surface area contributed by atoms with Gasteiger partial charge in [-0.05, 0) is 18.3 Å². The lowest BCUT2D eigenvalue weighted by Gasteiger charge is -2.21. The molecule has 1 amide bonds. The zero-order chi connectivity index (χ0) is 23.9. The summed E-state index contributed by atoms with van der Waals surface area (Å²) in [6.07, 6.45) is 4.26. The van der Waals surface area contributed by atoms with Crippen LogP contribution in [0.25, 0.3) is 5.65 Å². The number of hydrogen-bond donors (Lipinski definition) is 3. The van der Waals surface area contributed by atoms with E-state index in [1.807, 2.05) is 20.8 Å². The van der Waals surface area contributed by atoms with E-state index in [9.17, 15) is 19.5 Å². The Kier molecular flexibility index (Phi) is 5.52. The van der Waals surface area contributed by atoms with Gasteiger partial charge in [-0.3, -0.25) is 14.2 Å². The van der Waals surface area contributed by atoms with Gasteiger partial charge in [0.25, 0.3) is 11.5 Å². The number of aromatic nitrogens is 5. The number of rotatable bonds is 6. The zero-order valence-electron chi connectivity index (χ0n) is 18.7. The highest BCUT2D eigenvalue weighted by atomic mass is 16.5. The maximum absolute atomic E-state index is 13.2. The third-order valence-electron chi connectivity index (χ3n) is 4.92. The molecule has 1 aliphatic carbocycles. The highest BCUT2D eigenvalue weighted by molar-refractivity contribution is 5.96. The first-order valence-corrected chi connectivity index (χ1v) is 10.4. The SMILES string of the molecule is COC(=O)c1cnc(Nc2cc3n(CC(C)(C)C)c(=O)c(C(=O)NC4CC4)c(O)n3n2)cn1. The second kappa shape index (κ2) is 8.19. The van der Waals surface area contributed by atoms with Crippen LogP contribution >= 0.6 is 0 Å². The maximum atomic E-state index is 13.2. The minimum Gasteiger partial charge on any atom is -0.492 e. The van der Waals surface area contributed by atoms with Gasteiger partial charge in [0.2, 0.25) is 5.88 Å². The quantitative estimate of drug-likeness (QED) is 0.469. The van der Waals surface area contributed by atoms with Crippen molar-refractivity contribution in [3.05, 3.63) is 40.1 Å². The molecule has 0 unspecified atom stereocenters. The average molecular weight is 455 g/mol. The standard InChI is InChI=1S/C21H25N7O5/c1-21(2,3)10-27-15-7-13(25-14-9-22-12(8-23-14)20(32)33-4)26-28(15)19(31)16(18(27)30)17(29)24-11-5-6-11/h7-9,11,31H,5-6,10H2,1-4H3,(H,24,29)(H,23,25,26). The Bertz CT molecular complexity index is 1280. The number of methoxy groups -OCH3 is 1. The summed E-state index contributed by atoms with van der Waals surface area (Å²) < 4.78 is 7.17. The summed E-state index contributed by atoms with van der Waals surface area (Å²) in [6.45, 7) is 6.17. The number of nitrogens with one attached hydrogen (secondary N) is 2. The van der Waals surface area contributed by atoms with Gasteiger partial charge in [-0.2, -0.15) is 4.52 Å². The Morgan fingerprint density at radius 3 is 2.52 bits per heavy atom. The molecule has 0 bridgehead atoms. The molecule has 0 atom stereocenters. The highest BCUT2D eigenvalue weighted by Crippen LogP contribution is 2.25. The molecule has 3 heterocycles. The smallest absolute Gasteiger partial charge is 0.358 e. The number of amides is 1. The molecule has 1 fully saturated rings. The van der Waals surface area contributed by atoms with Crippen molar-refractivity contribution in [1.82, 2.24) is 29.5 Å². The summed E-state index contributed by atoms with van der Waals surface area (Å²) in [7, 11) is 1.25. The molecule has 3 aromatic rings. The van der Waals surface area contributed by atoms with Gasteiger partial charge < -0.3 is 20.5 Å². The van der Waals surface area contributed by atoms with Crippen molar-refractivity contribution in [1.29, 1.82) is 0 Å². The average Bonchev–Trinajstić information content (AvgIpc) is 3.46. The fourth-order valence-corrected chi connectivity index (χ4v) is 3.27. The maximum Gasteiger partial charge on any atom is 0.358 e. The number of nitrogens with zero attached hydrogens (tertiary/aromatic N) is 5. The number of fused-ring (bicyclic) bond motifs is 1. The van der Waals surface area contributed by atoms with Crippen LogP contribution in [-0.2, 0) is 11.3 Å². The van der Waals surface area contributed by atoms with Crippen molar-refractivity contribution in [2.75, 3.05) is 12.4 Å². The largest absolute Gasteiger partial charge is 0.492 e. The van der Waals surface area contributed by atoms with E-state index in [2.05, 4.69) is 30.4 Å². The topological polar surface area (TPSA) is 153 Å². The summed E-state index contributed by atoms with van der Waals surface area (Å²) in [6, 6.07) is 1.58. The van der Waals surface area contributed by atoms with Crippen molar-refractivity contribution < 1.29 is 19.4 Å². The molecular formula is C21H25N7O5. The van der Waals surface area contributed by atoms with E-state index in [4.69, 9.17) is 0 Å². The molecule has 1 saturated carbocycles. The molecule has 1 aliphatic rings. The number of carbonyl (C=O) groups excluding carboxylic acids is 2. The van der Waals surface area contributed by atoms with Crippen molar-refractivity contribution in [3.63, 3.8) is 0 Å². The molecule has 0 aromatic carbocycles. The first kappa shape index (κ1) is 22.2. The molecule has 3 N–H and O–H groups in total. The van der Waals surface area contributed by atoms with E-state index < -0.39 is 23.3 Å². The second-order valence-electron chi connectivity index (χ2n) is 9.10. The number of carbonyl (C=O) groups is 2. The van der Waals surface area contributed by atoms with Crippen molar-refractivity contribution in [3.8, 4) is 5.88 Å². The van der Waals surface area contributed by atoms with Crippen LogP contribution in [-0.4, -0.2) is 54.3 Å². The normalized spacial score (nSPS) is 13.7. The Hall–Kier alpha value is -3.96. The molecule has 33 heavy (non-hydrogen) atoms. The van der Waals surface area contributed by atoms with Crippen LogP contribution in [0.1, 0.15) is 54.5 Å². The Morgan fingerprint density at radius 1 is 1.21 bits per heavy atom. The fraction of sp³-hybridized carbons (Fsp3) is 0.429. The van der Waals surface area contributed by atoms with E-state index in [0.29, 0.717) is 5.65 Å². The molecule has 12 heteroatoms. The van der Waals surface area contributed by atoms with Crippen molar-refractivity contribution in [2.24, 2.45) is 5.41 Å². The number of ether oxygens (including phenoxy) is 1. The van der Waals surface area contributed by atoms with Crippen molar-refractivity contribution in [2.45, 2.75) is 46.2 Å². The molecule has 174 valence electrons. The van der Waals surface area contributed by atoms with Gasteiger partial charge in [-0.15, -0.1) is 5.10 Å². The van der Waals surface area contributed by atoms with E-state index in [0.717, 1.165) is 17.4 Å². The molecule has 0 spiro atoms. The summed E-state index contributed by atoms with van der Waals surface area (Å²) in [5.74, 6) is -1.25. The molecule has 0 radical (unpaired) electrons. The van der Waals surface area contributed by atoms with Crippen LogP contribution in [0, 0.1) is 5.41 Å². The first-order valence-electron chi connectivity index (χ1n) is 10.4. The molecule has 12 nitrogen and oxygen atoms in total. The molecule has 0 aliphatic heterocycles. The third-order valence-corrected chi connectivity index (χ3v) is 4.92. The fourth-order valence-electron chi connectivity index (χ4n) is 3.27. The predicted molar refractivity (Wildman–Crippen MR) is 118 cm³/mol. The van der Waals surface area contributed by atoms with E-state index in [1.54, 1.807) is 6.07 Å². The van der Waals surface area contributed by atoms with Crippen LogP contribution in [0.2, 0.25) is 0 Å². The summed E-state index contributed by atoms with van der Waals surface area (Å²) in [5.41, 5.74) is -0.895. The second-order valence-corrected chi connectivity index (χ2v) is 9.10. The lowest BCUT2D eigenvalue weighted by molar-refractivity contribution is 0.0593. The van der Waals surface area contributed by atoms with Gasteiger partial charge in [0.1, 0.15) is 11.5 Å². The number of anilines is 2. The van der Waals surface area contributed by atoms with E-state index in [-0.39, 0.29) is 40.9 Å².